The van der Waals surface area contributed by atoms with Gasteiger partial charge in [-0.15, -0.1) is 0 Å². The summed E-state index contributed by atoms with van der Waals surface area (Å²) in [5, 5.41) is 11.6. The van der Waals surface area contributed by atoms with Crippen molar-refractivity contribution in [3.63, 3.8) is 0 Å². The van der Waals surface area contributed by atoms with Crippen LogP contribution < -0.4 is 18.9 Å². The van der Waals surface area contributed by atoms with Crippen molar-refractivity contribution in [2.24, 2.45) is 5.92 Å². The van der Waals surface area contributed by atoms with Crippen molar-refractivity contribution in [1.29, 1.82) is 0 Å². The van der Waals surface area contributed by atoms with Crippen LogP contribution in [0.2, 0.25) is 0 Å². The van der Waals surface area contributed by atoms with Gasteiger partial charge in [-0.3, -0.25) is 14.6 Å². The molecule has 1 saturated heterocycles. The number of hydrogen-bond acceptors (Lipinski definition) is 8. The van der Waals surface area contributed by atoms with E-state index < -0.39 is 17.7 Å². The number of aryl methyl sites for hydroxylation is 1. The average molecular weight is 547 g/mol. The van der Waals surface area contributed by atoms with Crippen LogP contribution >= 0.6 is 0 Å². The number of carbonyl (C=O) groups excluding carboxylic acids is 2. The molecule has 0 spiro atoms. The Bertz CT molecular complexity index is 1410. The van der Waals surface area contributed by atoms with Crippen molar-refractivity contribution in [3.05, 3.63) is 82.7 Å². The normalized spacial score (nSPS) is 16.4. The largest absolute Gasteiger partial charge is 0.507 e. The summed E-state index contributed by atoms with van der Waals surface area (Å²) in [4.78, 5) is 32.6. The summed E-state index contributed by atoms with van der Waals surface area (Å²) in [5.41, 5.74) is 2.31. The van der Waals surface area contributed by atoms with Crippen LogP contribution in [-0.4, -0.2) is 54.6 Å². The van der Waals surface area contributed by atoms with E-state index in [2.05, 4.69) is 18.8 Å². The maximum absolute atomic E-state index is 13.6. The Morgan fingerprint density at radius 1 is 1.02 bits per heavy atom. The van der Waals surface area contributed by atoms with E-state index in [9.17, 15) is 14.7 Å². The minimum absolute atomic E-state index is 0.0397. The number of Topliss-reactive ketones (excluding diaryl/α,β-unsaturated/α-hetero) is 1. The highest BCUT2D eigenvalue weighted by atomic mass is 16.5. The number of pyridine rings is 1. The molecule has 0 saturated carbocycles. The molecule has 0 aliphatic carbocycles. The molecule has 2 aromatic carbocycles. The molecule has 0 unspecified atom stereocenters. The number of aliphatic hydroxyl groups excluding tert-OH is 1. The number of benzene rings is 2. The van der Waals surface area contributed by atoms with E-state index in [1.165, 1.54) is 26.2 Å². The number of carbonyl (C=O) groups is 2. The third kappa shape index (κ3) is 5.59. The second kappa shape index (κ2) is 12.1. The van der Waals surface area contributed by atoms with E-state index in [0.717, 1.165) is 5.56 Å². The van der Waals surface area contributed by atoms with Gasteiger partial charge in [-0.1, -0.05) is 19.9 Å². The number of amides is 1. The lowest BCUT2D eigenvalue weighted by atomic mass is 9.93. The van der Waals surface area contributed by atoms with Crippen molar-refractivity contribution in [3.8, 4) is 23.0 Å². The first kappa shape index (κ1) is 28.5. The third-order valence-corrected chi connectivity index (χ3v) is 6.65. The van der Waals surface area contributed by atoms with Gasteiger partial charge in [0.05, 0.1) is 39.6 Å². The standard InChI is InChI=1S/C31H34N2O7/c1-18(2)17-40-22-9-10-23(19(3)12-22)28(34)26-27(21-13-24(37-4)30(39-6)25(14-21)38-5)33(31(36)29(26)35)16-20-8-7-11-32-15-20/h7-15,18,27,34H,16-17H2,1-6H3/b28-26+/t27-/m0/s1. The summed E-state index contributed by atoms with van der Waals surface area (Å²) in [6.45, 7) is 6.57. The molecule has 210 valence electrons. The van der Waals surface area contributed by atoms with E-state index in [0.29, 0.717) is 52.2 Å². The van der Waals surface area contributed by atoms with Gasteiger partial charge in [0.2, 0.25) is 5.75 Å². The molecule has 1 aliphatic heterocycles. The number of nitrogens with zero attached hydrogens (tertiary/aromatic N) is 2. The molecule has 1 aromatic heterocycles. The Morgan fingerprint density at radius 3 is 2.27 bits per heavy atom. The second-order valence-electron chi connectivity index (χ2n) is 9.93. The number of rotatable bonds is 10. The molecule has 1 amide bonds. The highest BCUT2D eigenvalue weighted by Crippen LogP contribution is 2.46. The van der Waals surface area contributed by atoms with Gasteiger partial charge in [0.15, 0.2) is 11.5 Å². The van der Waals surface area contributed by atoms with Crippen molar-refractivity contribution in [2.75, 3.05) is 27.9 Å². The molecule has 1 aliphatic rings. The summed E-state index contributed by atoms with van der Waals surface area (Å²) in [6.07, 6.45) is 3.26. The van der Waals surface area contributed by atoms with E-state index in [1.54, 1.807) is 48.8 Å². The summed E-state index contributed by atoms with van der Waals surface area (Å²) in [6, 6.07) is 11.2. The Balaban J connectivity index is 1.89. The number of ketones is 1. The van der Waals surface area contributed by atoms with E-state index >= 15 is 0 Å². The summed E-state index contributed by atoms with van der Waals surface area (Å²) < 4.78 is 22.4. The minimum Gasteiger partial charge on any atom is -0.507 e. The molecule has 4 rings (SSSR count). The molecule has 0 radical (unpaired) electrons. The fourth-order valence-electron chi connectivity index (χ4n) is 4.74. The zero-order valence-corrected chi connectivity index (χ0v) is 23.6. The van der Waals surface area contributed by atoms with Crippen LogP contribution in [0.15, 0.2) is 60.4 Å². The lowest BCUT2D eigenvalue weighted by molar-refractivity contribution is -0.140. The van der Waals surface area contributed by atoms with Crippen LogP contribution in [0.25, 0.3) is 5.76 Å². The van der Waals surface area contributed by atoms with Crippen molar-refractivity contribution in [1.82, 2.24) is 9.88 Å². The van der Waals surface area contributed by atoms with Crippen LogP contribution in [0, 0.1) is 12.8 Å². The maximum atomic E-state index is 13.6. The number of aromatic nitrogens is 1. The zero-order valence-electron chi connectivity index (χ0n) is 23.6. The SMILES string of the molecule is COc1cc([C@H]2/C(=C(\O)c3ccc(OCC(C)C)cc3C)C(=O)C(=O)N2Cc2cccnc2)cc(OC)c1OC. The van der Waals surface area contributed by atoms with Gasteiger partial charge in [-0.05, 0) is 65.9 Å². The van der Waals surface area contributed by atoms with Crippen molar-refractivity contribution < 1.29 is 33.6 Å². The number of hydrogen-bond donors (Lipinski definition) is 1. The van der Waals surface area contributed by atoms with Crippen molar-refractivity contribution in [2.45, 2.75) is 33.4 Å². The Hall–Kier alpha value is -4.53. The quantitative estimate of drug-likeness (QED) is 0.213. The first-order valence-electron chi connectivity index (χ1n) is 12.9. The first-order chi connectivity index (χ1) is 19.2. The summed E-state index contributed by atoms with van der Waals surface area (Å²) in [7, 11) is 4.46. The molecule has 9 heteroatoms. The molecule has 1 atom stereocenters. The van der Waals surface area contributed by atoms with Gasteiger partial charge in [0.1, 0.15) is 11.5 Å². The van der Waals surface area contributed by atoms with Gasteiger partial charge in [-0.25, -0.2) is 0 Å². The molecular formula is C31H34N2O7. The predicted molar refractivity (Wildman–Crippen MR) is 150 cm³/mol. The Kier molecular flexibility index (Phi) is 8.62. The van der Waals surface area contributed by atoms with Crippen molar-refractivity contribution >= 4 is 17.4 Å². The summed E-state index contributed by atoms with van der Waals surface area (Å²) in [5.74, 6) is 0.268. The van der Waals surface area contributed by atoms with Crippen LogP contribution in [0.3, 0.4) is 0 Å². The second-order valence-corrected chi connectivity index (χ2v) is 9.93. The Labute approximate surface area is 234 Å². The molecule has 40 heavy (non-hydrogen) atoms. The topological polar surface area (TPSA) is 107 Å². The molecule has 3 aromatic rings. The highest BCUT2D eigenvalue weighted by molar-refractivity contribution is 6.46. The van der Waals surface area contributed by atoms with E-state index in [-0.39, 0.29) is 17.9 Å². The van der Waals surface area contributed by atoms with Crippen LogP contribution in [0.5, 0.6) is 23.0 Å². The number of aliphatic hydroxyl groups is 1. The van der Waals surface area contributed by atoms with Gasteiger partial charge < -0.3 is 29.0 Å². The number of methoxy groups -OCH3 is 3. The number of likely N-dealkylation sites (tertiary alicyclic amines) is 1. The van der Waals surface area contributed by atoms with Gasteiger partial charge in [-0.2, -0.15) is 0 Å². The maximum Gasteiger partial charge on any atom is 0.295 e. The van der Waals surface area contributed by atoms with E-state index in [1.807, 2.05) is 13.0 Å². The van der Waals surface area contributed by atoms with Crippen LogP contribution in [-0.2, 0) is 16.1 Å². The Morgan fingerprint density at radius 2 is 1.73 bits per heavy atom. The third-order valence-electron chi connectivity index (χ3n) is 6.65. The molecule has 2 heterocycles. The fourth-order valence-corrected chi connectivity index (χ4v) is 4.74. The van der Waals surface area contributed by atoms with Gasteiger partial charge >= 0.3 is 0 Å². The molecule has 1 fully saturated rings. The zero-order chi connectivity index (χ0) is 29.0. The molecular weight excluding hydrogens is 512 g/mol. The lowest BCUT2D eigenvalue weighted by Gasteiger charge is -2.26. The number of ether oxygens (including phenoxy) is 4. The van der Waals surface area contributed by atoms with Gasteiger partial charge in [0.25, 0.3) is 11.7 Å². The summed E-state index contributed by atoms with van der Waals surface area (Å²) >= 11 is 0. The van der Waals surface area contributed by atoms with Crippen LogP contribution in [0.1, 0.15) is 42.1 Å². The first-order valence-corrected chi connectivity index (χ1v) is 12.9. The lowest BCUT2D eigenvalue weighted by Crippen LogP contribution is -2.29. The average Bonchev–Trinajstić information content (AvgIpc) is 3.20. The highest BCUT2D eigenvalue weighted by Gasteiger charge is 2.46. The predicted octanol–water partition coefficient (Wildman–Crippen LogP) is 5.07. The van der Waals surface area contributed by atoms with Crippen LogP contribution in [0.4, 0.5) is 0 Å². The fraction of sp³-hybridized carbons (Fsp3) is 0.323. The molecule has 1 N–H and O–H groups in total. The monoisotopic (exact) mass is 546 g/mol. The smallest absolute Gasteiger partial charge is 0.295 e. The molecule has 0 bridgehead atoms. The molecule has 9 nitrogen and oxygen atoms in total. The van der Waals surface area contributed by atoms with Gasteiger partial charge in [0, 0.05) is 24.5 Å². The minimum atomic E-state index is -0.940. The van der Waals surface area contributed by atoms with E-state index in [4.69, 9.17) is 18.9 Å².